The average Bonchev–Trinajstić information content (AvgIpc) is 3.62. The Balaban J connectivity index is 1.48. The quantitative estimate of drug-likeness (QED) is 0.179. The number of ether oxygens (including phenoxy) is 4. The van der Waals surface area contributed by atoms with E-state index in [1.807, 2.05) is 52.0 Å². The molecular formula is C31H44N4O9S. The molecule has 3 rings (SSSR count). The maximum atomic E-state index is 13.7. The van der Waals surface area contributed by atoms with Crippen LogP contribution in [0.2, 0.25) is 0 Å². The molecule has 0 aliphatic carbocycles. The average molecular weight is 649 g/mol. The first-order valence-electron chi connectivity index (χ1n) is 14.8. The van der Waals surface area contributed by atoms with Crippen molar-refractivity contribution in [1.82, 2.24) is 20.5 Å². The first-order chi connectivity index (χ1) is 21.4. The molecule has 1 saturated heterocycles. The maximum absolute atomic E-state index is 13.7. The van der Waals surface area contributed by atoms with Crippen LogP contribution in [0.1, 0.15) is 38.4 Å². The number of carbonyl (C=O) groups is 4. The largest absolute Gasteiger partial charge is 0.467 e. The number of aromatic nitrogens is 1. The highest BCUT2D eigenvalue weighted by Crippen LogP contribution is 2.28. The van der Waals surface area contributed by atoms with Gasteiger partial charge in [-0.2, -0.15) is 0 Å². The predicted octanol–water partition coefficient (Wildman–Crippen LogP) is 1.45. The maximum Gasteiger partial charge on any atom is 0.331 e. The van der Waals surface area contributed by atoms with Crippen LogP contribution in [0, 0.1) is 12.3 Å². The number of rotatable bonds is 16. The number of hydrogen-bond donors (Lipinski definition) is 3. The third kappa shape index (κ3) is 11.2. The Labute approximate surface area is 267 Å². The van der Waals surface area contributed by atoms with Crippen LogP contribution in [-0.2, 0) is 44.7 Å². The highest BCUT2D eigenvalue weighted by molar-refractivity contribution is 7.13. The number of thiazole rings is 1. The number of esters is 1. The van der Waals surface area contributed by atoms with Crippen molar-refractivity contribution in [2.24, 2.45) is 5.41 Å². The zero-order chi connectivity index (χ0) is 33.0. The van der Waals surface area contributed by atoms with Crippen molar-refractivity contribution in [2.75, 3.05) is 53.3 Å². The summed E-state index contributed by atoms with van der Waals surface area (Å²) in [4.78, 5) is 57.4. The Bertz CT molecular complexity index is 1280. The number of nitrogens with one attached hydrogen (secondary N) is 2. The number of amides is 3. The van der Waals surface area contributed by atoms with E-state index in [1.54, 1.807) is 16.8 Å². The molecule has 1 aliphatic heterocycles. The number of methoxy groups -OCH3 is 1. The summed E-state index contributed by atoms with van der Waals surface area (Å²) >= 11 is 1.57. The Morgan fingerprint density at radius 1 is 1.04 bits per heavy atom. The number of aryl methyl sites for hydroxylation is 1. The lowest BCUT2D eigenvalue weighted by Crippen LogP contribution is -2.58. The van der Waals surface area contributed by atoms with Gasteiger partial charge in [-0.3, -0.25) is 14.4 Å². The van der Waals surface area contributed by atoms with Gasteiger partial charge in [0.2, 0.25) is 17.7 Å². The van der Waals surface area contributed by atoms with Crippen molar-refractivity contribution < 1.29 is 43.2 Å². The fourth-order valence-electron chi connectivity index (χ4n) is 4.70. The second-order valence-corrected chi connectivity index (χ2v) is 12.6. The summed E-state index contributed by atoms with van der Waals surface area (Å²) < 4.78 is 20.2. The van der Waals surface area contributed by atoms with E-state index in [0.29, 0.717) is 0 Å². The molecule has 3 amide bonds. The van der Waals surface area contributed by atoms with Gasteiger partial charge in [0.1, 0.15) is 25.3 Å². The second-order valence-electron chi connectivity index (χ2n) is 11.7. The van der Waals surface area contributed by atoms with E-state index >= 15 is 0 Å². The lowest BCUT2D eigenvalue weighted by atomic mass is 9.85. The van der Waals surface area contributed by atoms with Gasteiger partial charge in [-0.15, -0.1) is 11.3 Å². The highest BCUT2D eigenvalue weighted by Gasteiger charge is 2.44. The minimum atomic E-state index is -0.958. The van der Waals surface area contributed by atoms with Gasteiger partial charge in [-0.25, -0.2) is 9.78 Å². The standard InChI is InChI=1S/C31H44N4O9S/c1-20-27(45-19-33-20)22-8-6-21(7-9-22)15-32-29(39)24-14-23(36)16-35(24)30(40)28(31(2,3)4)34-25(37)17-43-12-10-42-11-13-44-18-26(38)41-5/h6-9,19,23-24,28,36H,10-18H2,1-5H3,(H,32,39)(H,34,37). The van der Waals surface area contributed by atoms with Crippen LogP contribution < -0.4 is 10.6 Å². The lowest BCUT2D eigenvalue weighted by Gasteiger charge is -2.35. The predicted molar refractivity (Wildman–Crippen MR) is 166 cm³/mol. The highest BCUT2D eigenvalue weighted by atomic mass is 32.1. The van der Waals surface area contributed by atoms with Gasteiger partial charge in [0.15, 0.2) is 0 Å². The molecule has 0 saturated carbocycles. The molecule has 1 aliphatic rings. The van der Waals surface area contributed by atoms with Gasteiger partial charge in [-0.1, -0.05) is 45.0 Å². The Kier molecular flexibility index (Phi) is 13.9. The van der Waals surface area contributed by atoms with Gasteiger partial charge in [0.25, 0.3) is 0 Å². The lowest BCUT2D eigenvalue weighted by molar-refractivity contribution is -0.146. The van der Waals surface area contributed by atoms with Crippen molar-refractivity contribution in [3.05, 3.63) is 41.0 Å². The fraction of sp³-hybridized carbons (Fsp3) is 0.581. The van der Waals surface area contributed by atoms with Crippen LogP contribution >= 0.6 is 11.3 Å². The first-order valence-corrected chi connectivity index (χ1v) is 15.6. The van der Waals surface area contributed by atoms with Gasteiger partial charge < -0.3 is 39.6 Å². The molecule has 2 heterocycles. The van der Waals surface area contributed by atoms with E-state index in [2.05, 4.69) is 20.4 Å². The summed E-state index contributed by atoms with van der Waals surface area (Å²) in [5.41, 5.74) is 4.02. The zero-order valence-electron chi connectivity index (χ0n) is 26.5. The summed E-state index contributed by atoms with van der Waals surface area (Å²) in [7, 11) is 1.27. The molecule has 0 bridgehead atoms. The number of aliphatic hydroxyl groups is 1. The number of benzene rings is 1. The Morgan fingerprint density at radius 3 is 2.29 bits per heavy atom. The van der Waals surface area contributed by atoms with Crippen molar-refractivity contribution in [2.45, 2.75) is 58.8 Å². The molecule has 248 valence electrons. The van der Waals surface area contributed by atoms with Crippen LogP contribution in [0.3, 0.4) is 0 Å². The molecule has 1 fully saturated rings. The van der Waals surface area contributed by atoms with Crippen LogP contribution in [0.4, 0.5) is 0 Å². The summed E-state index contributed by atoms with van der Waals surface area (Å²) in [6.45, 7) is 7.96. The van der Waals surface area contributed by atoms with E-state index in [1.165, 1.54) is 12.0 Å². The number of β-amino-alcohol motifs (C(OH)–C–C–N with tert-alkyl or cyclic N) is 1. The summed E-state index contributed by atoms with van der Waals surface area (Å²) in [5.74, 6) is -1.80. The van der Waals surface area contributed by atoms with Crippen LogP contribution in [0.15, 0.2) is 29.8 Å². The molecule has 3 unspecified atom stereocenters. The normalized spacial score (nSPS) is 17.2. The molecule has 14 heteroatoms. The monoisotopic (exact) mass is 648 g/mol. The summed E-state index contributed by atoms with van der Waals surface area (Å²) in [6.07, 6.45) is -0.764. The van der Waals surface area contributed by atoms with E-state index < -0.39 is 41.4 Å². The number of aliphatic hydroxyl groups excluding tert-OH is 1. The first kappa shape index (κ1) is 36.0. The second kappa shape index (κ2) is 17.3. The van der Waals surface area contributed by atoms with E-state index in [0.717, 1.165) is 21.7 Å². The molecule has 0 spiro atoms. The van der Waals surface area contributed by atoms with Gasteiger partial charge in [0.05, 0.1) is 55.7 Å². The molecule has 13 nitrogen and oxygen atoms in total. The summed E-state index contributed by atoms with van der Waals surface area (Å²) in [5, 5.41) is 16.0. The molecule has 3 N–H and O–H groups in total. The number of nitrogens with zero attached hydrogens (tertiary/aromatic N) is 2. The van der Waals surface area contributed by atoms with Gasteiger partial charge in [0, 0.05) is 19.5 Å². The fourth-order valence-corrected chi connectivity index (χ4v) is 5.51. The topological polar surface area (TPSA) is 166 Å². The number of carbonyl (C=O) groups excluding carboxylic acids is 4. The Morgan fingerprint density at radius 2 is 1.69 bits per heavy atom. The van der Waals surface area contributed by atoms with E-state index in [-0.39, 0.29) is 65.1 Å². The summed E-state index contributed by atoms with van der Waals surface area (Å²) in [6, 6.07) is 5.99. The van der Waals surface area contributed by atoms with Gasteiger partial charge >= 0.3 is 5.97 Å². The van der Waals surface area contributed by atoms with Crippen LogP contribution in [0.25, 0.3) is 10.4 Å². The minimum Gasteiger partial charge on any atom is -0.467 e. The smallest absolute Gasteiger partial charge is 0.331 e. The van der Waals surface area contributed by atoms with Crippen molar-refractivity contribution in [3.8, 4) is 10.4 Å². The third-order valence-electron chi connectivity index (χ3n) is 7.14. The van der Waals surface area contributed by atoms with E-state index in [9.17, 15) is 24.3 Å². The van der Waals surface area contributed by atoms with Gasteiger partial charge in [-0.05, 0) is 23.5 Å². The molecule has 1 aromatic heterocycles. The van der Waals surface area contributed by atoms with Crippen molar-refractivity contribution in [3.63, 3.8) is 0 Å². The van der Waals surface area contributed by atoms with E-state index in [4.69, 9.17) is 14.2 Å². The van der Waals surface area contributed by atoms with Crippen LogP contribution in [-0.4, -0.2) is 110 Å². The third-order valence-corrected chi connectivity index (χ3v) is 8.11. The molecule has 3 atom stereocenters. The number of likely N-dealkylation sites (tertiary alicyclic amines) is 1. The molecule has 45 heavy (non-hydrogen) atoms. The minimum absolute atomic E-state index is 0.0144. The number of hydrogen-bond acceptors (Lipinski definition) is 11. The zero-order valence-corrected chi connectivity index (χ0v) is 27.3. The Hall–Kier alpha value is -3.43. The van der Waals surface area contributed by atoms with Crippen molar-refractivity contribution >= 4 is 35.0 Å². The van der Waals surface area contributed by atoms with Crippen LogP contribution in [0.5, 0.6) is 0 Å². The SMILES string of the molecule is COC(=O)COCCOCCOCC(=O)NC(C(=O)N1CC(O)CC1C(=O)NCc1ccc(-c2scnc2C)cc1)C(C)(C)C. The molecule has 1 aromatic carbocycles. The molecular weight excluding hydrogens is 604 g/mol. The van der Waals surface area contributed by atoms with Crippen molar-refractivity contribution in [1.29, 1.82) is 0 Å². The molecule has 0 radical (unpaired) electrons. The molecule has 2 aromatic rings.